The lowest BCUT2D eigenvalue weighted by atomic mass is 10.0. The first kappa shape index (κ1) is 14.5. The molecule has 1 rings (SSSR count). The second kappa shape index (κ2) is 9.46. The van der Waals surface area contributed by atoms with Crippen LogP contribution in [-0.2, 0) is 0 Å². The standard InChI is InChI=1S/C15H31P/c1-3-5-6-10-14-16(13-4-2)15-11-8-7-9-12-15/h15H,3-14H2,1-2H3. The zero-order valence-corrected chi connectivity index (χ0v) is 12.4. The van der Waals surface area contributed by atoms with Crippen molar-refractivity contribution in [3.8, 4) is 0 Å². The summed E-state index contributed by atoms with van der Waals surface area (Å²) in [6, 6.07) is 0. The Kier molecular flexibility index (Phi) is 8.57. The van der Waals surface area contributed by atoms with Gasteiger partial charge in [0.1, 0.15) is 0 Å². The van der Waals surface area contributed by atoms with Crippen LogP contribution in [0.3, 0.4) is 0 Å². The minimum Gasteiger partial charge on any atom is -0.104 e. The summed E-state index contributed by atoms with van der Waals surface area (Å²) in [4.78, 5) is 0. The predicted molar refractivity (Wildman–Crippen MR) is 78.0 cm³/mol. The van der Waals surface area contributed by atoms with Gasteiger partial charge in [-0.3, -0.25) is 0 Å². The zero-order valence-electron chi connectivity index (χ0n) is 11.5. The van der Waals surface area contributed by atoms with Gasteiger partial charge in [-0.25, -0.2) is 0 Å². The lowest BCUT2D eigenvalue weighted by Gasteiger charge is -2.31. The van der Waals surface area contributed by atoms with Gasteiger partial charge in [0.05, 0.1) is 0 Å². The van der Waals surface area contributed by atoms with Crippen molar-refractivity contribution in [2.75, 3.05) is 12.3 Å². The van der Waals surface area contributed by atoms with Gasteiger partial charge >= 0.3 is 0 Å². The molecule has 0 N–H and O–H groups in total. The number of hydrogen-bond donors (Lipinski definition) is 0. The number of unbranched alkanes of at least 4 members (excludes halogenated alkanes) is 3. The molecule has 0 bridgehead atoms. The first-order valence-electron chi connectivity index (χ1n) is 7.62. The molecule has 0 aromatic rings. The molecule has 0 aromatic heterocycles. The molecule has 1 unspecified atom stereocenters. The monoisotopic (exact) mass is 242 g/mol. The third-order valence-electron chi connectivity index (χ3n) is 3.90. The molecule has 0 nitrogen and oxygen atoms in total. The molecular formula is C15H31P. The predicted octanol–water partition coefficient (Wildman–Crippen LogP) is 5.79. The second-order valence-corrected chi connectivity index (χ2v) is 8.19. The first-order chi connectivity index (χ1) is 7.88. The molecule has 1 heteroatoms. The zero-order chi connectivity index (χ0) is 11.6. The Hall–Kier alpha value is 0.430. The molecule has 1 atom stereocenters. The summed E-state index contributed by atoms with van der Waals surface area (Å²) in [7, 11) is 0.404. The van der Waals surface area contributed by atoms with Gasteiger partial charge < -0.3 is 0 Å². The van der Waals surface area contributed by atoms with Gasteiger partial charge in [0.15, 0.2) is 0 Å². The largest absolute Gasteiger partial charge is 0.104 e. The van der Waals surface area contributed by atoms with E-state index in [4.69, 9.17) is 0 Å². The van der Waals surface area contributed by atoms with Gasteiger partial charge in [0, 0.05) is 0 Å². The van der Waals surface area contributed by atoms with Gasteiger partial charge in [-0.05, 0) is 37.2 Å². The van der Waals surface area contributed by atoms with Crippen molar-refractivity contribution in [2.24, 2.45) is 0 Å². The quantitative estimate of drug-likeness (QED) is 0.373. The third-order valence-corrected chi connectivity index (χ3v) is 7.36. The van der Waals surface area contributed by atoms with Crippen LogP contribution in [0.15, 0.2) is 0 Å². The van der Waals surface area contributed by atoms with Crippen molar-refractivity contribution in [3.63, 3.8) is 0 Å². The summed E-state index contributed by atoms with van der Waals surface area (Å²) in [6.07, 6.45) is 18.2. The van der Waals surface area contributed by atoms with E-state index in [1.807, 2.05) is 0 Å². The van der Waals surface area contributed by atoms with Gasteiger partial charge in [-0.1, -0.05) is 58.8 Å². The van der Waals surface area contributed by atoms with Crippen LogP contribution in [0.5, 0.6) is 0 Å². The highest BCUT2D eigenvalue weighted by Gasteiger charge is 2.21. The Balaban J connectivity index is 2.22. The summed E-state index contributed by atoms with van der Waals surface area (Å²) in [5.74, 6) is 0. The third kappa shape index (κ3) is 5.67. The van der Waals surface area contributed by atoms with E-state index < -0.39 is 0 Å². The minimum absolute atomic E-state index is 0.404. The number of hydrogen-bond acceptors (Lipinski definition) is 0. The Morgan fingerprint density at radius 1 is 0.812 bits per heavy atom. The highest BCUT2D eigenvalue weighted by molar-refractivity contribution is 7.58. The molecule has 0 amide bonds. The average Bonchev–Trinajstić information content (AvgIpc) is 2.34. The molecule has 0 spiro atoms. The first-order valence-corrected chi connectivity index (χ1v) is 9.40. The molecule has 96 valence electrons. The van der Waals surface area contributed by atoms with Gasteiger partial charge in [-0.2, -0.15) is 0 Å². The van der Waals surface area contributed by atoms with E-state index in [0.717, 1.165) is 5.66 Å². The van der Waals surface area contributed by atoms with Gasteiger partial charge in [-0.15, -0.1) is 7.92 Å². The van der Waals surface area contributed by atoms with Crippen LogP contribution in [0.25, 0.3) is 0 Å². The topological polar surface area (TPSA) is 0 Å². The van der Waals surface area contributed by atoms with Crippen molar-refractivity contribution >= 4 is 7.92 Å². The Bertz CT molecular complexity index is 150. The molecule has 1 aliphatic rings. The summed E-state index contributed by atoms with van der Waals surface area (Å²) < 4.78 is 0. The Labute approximate surface area is 104 Å². The van der Waals surface area contributed by atoms with Crippen LogP contribution < -0.4 is 0 Å². The van der Waals surface area contributed by atoms with E-state index >= 15 is 0 Å². The second-order valence-electron chi connectivity index (χ2n) is 5.39. The summed E-state index contributed by atoms with van der Waals surface area (Å²) in [5, 5.41) is 0. The maximum atomic E-state index is 2.38. The van der Waals surface area contributed by atoms with E-state index in [2.05, 4.69) is 13.8 Å². The van der Waals surface area contributed by atoms with E-state index in [0.29, 0.717) is 7.92 Å². The van der Waals surface area contributed by atoms with E-state index in [9.17, 15) is 0 Å². The van der Waals surface area contributed by atoms with Crippen molar-refractivity contribution in [1.82, 2.24) is 0 Å². The SMILES string of the molecule is CCCCCCP(CCC)C1CCCCC1. The van der Waals surface area contributed by atoms with E-state index in [1.54, 1.807) is 25.2 Å². The van der Waals surface area contributed by atoms with Gasteiger partial charge in [0.2, 0.25) is 0 Å². The fraction of sp³-hybridized carbons (Fsp3) is 1.00. The normalized spacial score (nSPS) is 19.9. The van der Waals surface area contributed by atoms with Crippen LogP contribution in [0.4, 0.5) is 0 Å². The Morgan fingerprint density at radius 2 is 1.56 bits per heavy atom. The summed E-state index contributed by atoms with van der Waals surface area (Å²) >= 11 is 0. The van der Waals surface area contributed by atoms with Crippen LogP contribution in [0.2, 0.25) is 0 Å². The number of rotatable bonds is 8. The fourth-order valence-electron chi connectivity index (χ4n) is 2.95. The molecule has 1 fully saturated rings. The minimum atomic E-state index is 0.404. The molecule has 0 radical (unpaired) electrons. The summed E-state index contributed by atoms with van der Waals surface area (Å²) in [5.41, 5.74) is 1.16. The molecule has 0 saturated heterocycles. The summed E-state index contributed by atoms with van der Waals surface area (Å²) in [6.45, 7) is 4.69. The lowest BCUT2D eigenvalue weighted by molar-refractivity contribution is 0.509. The molecule has 0 aliphatic heterocycles. The van der Waals surface area contributed by atoms with Gasteiger partial charge in [0.25, 0.3) is 0 Å². The highest BCUT2D eigenvalue weighted by Crippen LogP contribution is 2.48. The van der Waals surface area contributed by atoms with Crippen molar-refractivity contribution in [3.05, 3.63) is 0 Å². The average molecular weight is 242 g/mol. The molecular weight excluding hydrogens is 211 g/mol. The van der Waals surface area contributed by atoms with E-state index in [1.165, 1.54) is 51.4 Å². The molecule has 16 heavy (non-hydrogen) atoms. The maximum Gasteiger partial charge on any atom is -0.0209 e. The Morgan fingerprint density at radius 3 is 2.19 bits per heavy atom. The molecule has 0 heterocycles. The smallest absolute Gasteiger partial charge is 0.0209 e. The highest BCUT2D eigenvalue weighted by atomic mass is 31.1. The van der Waals surface area contributed by atoms with Crippen LogP contribution in [0, 0.1) is 0 Å². The van der Waals surface area contributed by atoms with Crippen molar-refractivity contribution in [1.29, 1.82) is 0 Å². The lowest BCUT2D eigenvalue weighted by Crippen LogP contribution is -2.13. The van der Waals surface area contributed by atoms with Crippen LogP contribution in [0.1, 0.15) is 78.1 Å². The maximum absolute atomic E-state index is 2.38. The molecule has 1 aliphatic carbocycles. The molecule has 1 saturated carbocycles. The van der Waals surface area contributed by atoms with Crippen molar-refractivity contribution < 1.29 is 0 Å². The van der Waals surface area contributed by atoms with Crippen molar-refractivity contribution in [2.45, 2.75) is 83.7 Å². The van der Waals surface area contributed by atoms with Crippen LogP contribution in [-0.4, -0.2) is 18.0 Å². The fourth-order valence-corrected chi connectivity index (χ4v) is 6.21. The van der Waals surface area contributed by atoms with E-state index in [-0.39, 0.29) is 0 Å². The van der Waals surface area contributed by atoms with Crippen LogP contribution >= 0.6 is 7.92 Å². The molecule has 0 aromatic carbocycles.